The first-order valence-corrected chi connectivity index (χ1v) is 9.76. The monoisotopic (exact) mass is 350 g/mol. The van der Waals surface area contributed by atoms with Crippen molar-refractivity contribution >= 4 is 20.2 Å². The van der Waals surface area contributed by atoms with E-state index in [1.807, 2.05) is 30.3 Å². The molecule has 124 valence electrons. The fourth-order valence-electron chi connectivity index (χ4n) is 3.26. The van der Waals surface area contributed by atoms with Gasteiger partial charge in [-0.3, -0.25) is 9.11 Å². The molecule has 9 heteroatoms. The molecule has 1 heterocycles. The molecular weight excluding hydrogens is 330 g/mol. The highest BCUT2D eigenvalue weighted by Gasteiger charge is 2.59. The summed E-state index contributed by atoms with van der Waals surface area (Å²) >= 11 is 0. The van der Waals surface area contributed by atoms with Gasteiger partial charge in [-0.15, -0.1) is 0 Å². The zero-order valence-corrected chi connectivity index (χ0v) is 14.0. The minimum atomic E-state index is -4.60. The van der Waals surface area contributed by atoms with Crippen LogP contribution in [0.2, 0.25) is 0 Å². The van der Waals surface area contributed by atoms with Crippen LogP contribution in [0.4, 0.5) is 0 Å². The topological polar surface area (TPSA) is 109 Å². The fourth-order valence-corrected chi connectivity index (χ4v) is 6.46. The van der Waals surface area contributed by atoms with Crippen LogP contribution < -0.4 is 0 Å². The third kappa shape index (κ3) is 3.33. The largest absolute Gasteiger partial charge is 0.318 e. The number of hydrogen-bond acceptors (Lipinski definition) is 4. The third-order valence-corrected chi connectivity index (χ3v) is 7.33. The standard InChI is InChI=1S/C13H19NO6S2/c1-10-13(22(18,19)20)12(21(15,16)17)9-14(10,2)8-11-6-4-3-5-7-11/h3-7,10,12-13H,8-9H2,1-2H3,(H-,15,16,17,18,19,20)/p+1. The second kappa shape index (κ2) is 5.57. The van der Waals surface area contributed by atoms with Crippen molar-refractivity contribution in [3.8, 4) is 0 Å². The van der Waals surface area contributed by atoms with Crippen molar-refractivity contribution in [3.05, 3.63) is 35.9 Å². The first-order valence-electron chi connectivity index (χ1n) is 6.76. The van der Waals surface area contributed by atoms with Gasteiger partial charge in [0.25, 0.3) is 20.2 Å². The Kier molecular flexibility index (Phi) is 4.39. The van der Waals surface area contributed by atoms with Gasteiger partial charge in [0.05, 0.1) is 7.05 Å². The van der Waals surface area contributed by atoms with Crippen molar-refractivity contribution in [2.24, 2.45) is 0 Å². The summed E-state index contributed by atoms with van der Waals surface area (Å²) in [7, 11) is -7.46. The lowest BCUT2D eigenvalue weighted by Crippen LogP contribution is -2.49. The Labute approximate surface area is 130 Å². The molecule has 2 N–H and O–H groups in total. The molecule has 0 aliphatic carbocycles. The Balaban J connectivity index is 2.43. The number of hydrogen-bond donors (Lipinski definition) is 2. The zero-order valence-electron chi connectivity index (χ0n) is 12.3. The highest BCUT2D eigenvalue weighted by atomic mass is 32.2. The highest BCUT2D eigenvalue weighted by Crippen LogP contribution is 2.35. The molecular formula is C13H20NO6S2+. The van der Waals surface area contributed by atoms with Crippen molar-refractivity contribution in [3.63, 3.8) is 0 Å². The predicted molar refractivity (Wildman–Crippen MR) is 81.3 cm³/mol. The molecule has 4 unspecified atom stereocenters. The van der Waals surface area contributed by atoms with Gasteiger partial charge in [-0.1, -0.05) is 30.3 Å². The van der Waals surface area contributed by atoms with Crippen LogP contribution in [0.3, 0.4) is 0 Å². The van der Waals surface area contributed by atoms with E-state index in [9.17, 15) is 25.9 Å². The van der Waals surface area contributed by atoms with Gasteiger partial charge in [-0.25, -0.2) is 0 Å². The van der Waals surface area contributed by atoms with Gasteiger partial charge >= 0.3 is 0 Å². The van der Waals surface area contributed by atoms with Crippen molar-refractivity contribution in [1.29, 1.82) is 0 Å². The van der Waals surface area contributed by atoms with Crippen molar-refractivity contribution in [1.82, 2.24) is 0 Å². The molecule has 4 atom stereocenters. The Morgan fingerprint density at radius 3 is 2.05 bits per heavy atom. The van der Waals surface area contributed by atoms with Crippen LogP contribution in [0.15, 0.2) is 30.3 Å². The molecule has 1 fully saturated rings. The molecule has 0 radical (unpaired) electrons. The molecule has 0 saturated carbocycles. The van der Waals surface area contributed by atoms with E-state index in [2.05, 4.69) is 0 Å². The lowest BCUT2D eigenvalue weighted by Gasteiger charge is -2.35. The summed E-state index contributed by atoms with van der Waals surface area (Å²) in [4.78, 5) is 0. The molecule has 1 aliphatic heterocycles. The molecule has 0 bridgehead atoms. The van der Waals surface area contributed by atoms with E-state index < -0.39 is 36.8 Å². The summed E-state index contributed by atoms with van der Waals surface area (Å²) in [5, 5.41) is -3.08. The molecule has 1 aromatic rings. The first kappa shape index (κ1) is 17.4. The quantitative estimate of drug-likeness (QED) is 0.606. The molecule has 1 aromatic carbocycles. The number of quaternary nitrogens is 1. The summed E-state index contributed by atoms with van der Waals surface area (Å²) in [5.41, 5.74) is 0.918. The average molecular weight is 350 g/mol. The van der Waals surface area contributed by atoms with E-state index in [0.29, 0.717) is 6.54 Å². The lowest BCUT2D eigenvalue weighted by molar-refractivity contribution is -0.931. The lowest BCUT2D eigenvalue weighted by atomic mass is 10.1. The number of nitrogens with zero attached hydrogens (tertiary/aromatic N) is 1. The van der Waals surface area contributed by atoms with Crippen LogP contribution in [0.1, 0.15) is 12.5 Å². The molecule has 1 saturated heterocycles. The van der Waals surface area contributed by atoms with E-state index in [4.69, 9.17) is 0 Å². The van der Waals surface area contributed by atoms with Gasteiger partial charge in [0.2, 0.25) is 0 Å². The number of benzene rings is 1. The maximum atomic E-state index is 11.6. The van der Waals surface area contributed by atoms with Gasteiger partial charge in [0.1, 0.15) is 19.1 Å². The summed E-state index contributed by atoms with van der Waals surface area (Å²) in [5.74, 6) is 0. The Morgan fingerprint density at radius 1 is 1.09 bits per heavy atom. The molecule has 1 aliphatic rings. The molecule has 7 nitrogen and oxygen atoms in total. The van der Waals surface area contributed by atoms with Gasteiger partial charge in [0.15, 0.2) is 10.5 Å². The number of rotatable bonds is 4. The number of likely N-dealkylation sites (tertiary alicyclic amines) is 1. The second-order valence-electron chi connectivity index (χ2n) is 6.08. The molecule has 22 heavy (non-hydrogen) atoms. The van der Waals surface area contributed by atoms with Crippen molar-refractivity contribution in [2.45, 2.75) is 30.0 Å². The maximum absolute atomic E-state index is 11.6. The van der Waals surface area contributed by atoms with Crippen molar-refractivity contribution < 1.29 is 30.4 Å². The van der Waals surface area contributed by atoms with E-state index in [-0.39, 0.29) is 11.0 Å². The summed E-state index contributed by atoms with van der Waals surface area (Å²) in [6.07, 6.45) is 0. The molecule has 0 spiro atoms. The SMILES string of the molecule is CC1C(S(=O)(=O)O)C(S(=O)(=O)O)C[N+]1(C)Cc1ccccc1. The summed E-state index contributed by atoms with van der Waals surface area (Å²) < 4.78 is 65.2. The van der Waals surface area contributed by atoms with E-state index >= 15 is 0 Å². The van der Waals surface area contributed by atoms with Gasteiger partial charge < -0.3 is 4.48 Å². The van der Waals surface area contributed by atoms with Gasteiger partial charge in [-0.2, -0.15) is 16.8 Å². The maximum Gasteiger partial charge on any atom is 0.275 e. The van der Waals surface area contributed by atoms with E-state index in [1.54, 1.807) is 14.0 Å². The predicted octanol–water partition coefficient (Wildman–Crippen LogP) is 0.548. The van der Waals surface area contributed by atoms with Crippen LogP contribution in [-0.4, -0.2) is 60.6 Å². The van der Waals surface area contributed by atoms with Gasteiger partial charge in [-0.05, 0) is 6.92 Å². The summed E-state index contributed by atoms with van der Waals surface area (Å²) in [6.45, 7) is 1.89. The third-order valence-electron chi connectivity index (χ3n) is 4.54. The fraction of sp³-hybridized carbons (Fsp3) is 0.538. The minimum absolute atomic E-state index is 0.0840. The smallest absolute Gasteiger partial charge is 0.275 e. The van der Waals surface area contributed by atoms with Crippen LogP contribution in [0, 0.1) is 0 Å². The normalized spacial score (nSPS) is 33.0. The van der Waals surface area contributed by atoms with Crippen LogP contribution in [0.25, 0.3) is 0 Å². The average Bonchev–Trinajstić information content (AvgIpc) is 2.62. The van der Waals surface area contributed by atoms with Crippen LogP contribution in [-0.2, 0) is 26.8 Å². The van der Waals surface area contributed by atoms with E-state index in [0.717, 1.165) is 5.56 Å². The Morgan fingerprint density at radius 2 is 1.64 bits per heavy atom. The van der Waals surface area contributed by atoms with Crippen LogP contribution in [0.5, 0.6) is 0 Å². The molecule has 2 rings (SSSR count). The molecule has 0 amide bonds. The minimum Gasteiger partial charge on any atom is -0.318 e. The Hall–Kier alpha value is -1.00. The summed E-state index contributed by atoms with van der Waals surface area (Å²) in [6, 6.07) is 8.56. The van der Waals surface area contributed by atoms with Gasteiger partial charge in [0, 0.05) is 5.56 Å². The van der Waals surface area contributed by atoms with Crippen molar-refractivity contribution in [2.75, 3.05) is 13.6 Å². The Bertz CT molecular complexity index is 746. The zero-order chi connectivity index (χ0) is 16.8. The first-order chi connectivity index (χ1) is 9.95. The second-order valence-corrected chi connectivity index (χ2v) is 9.29. The highest BCUT2D eigenvalue weighted by molar-refractivity contribution is 7.90. The van der Waals surface area contributed by atoms with Crippen LogP contribution >= 0.6 is 0 Å². The molecule has 0 aromatic heterocycles. The van der Waals surface area contributed by atoms with E-state index in [1.165, 1.54) is 0 Å².